The number of aromatic hydroxyl groups is 1. The fourth-order valence-corrected chi connectivity index (χ4v) is 2.60. The highest BCUT2D eigenvalue weighted by Crippen LogP contribution is 2.29. The molecule has 1 aliphatic rings. The van der Waals surface area contributed by atoms with E-state index in [1.165, 1.54) is 36.4 Å². The Morgan fingerprint density at radius 3 is 2.72 bits per heavy atom. The van der Waals surface area contributed by atoms with Gasteiger partial charge >= 0.3 is 5.97 Å². The molecule has 25 heavy (non-hydrogen) atoms. The number of ether oxygens (including phenoxy) is 2. The van der Waals surface area contributed by atoms with Gasteiger partial charge in [0.05, 0.1) is 17.7 Å². The van der Waals surface area contributed by atoms with Crippen LogP contribution in [0.15, 0.2) is 36.4 Å². The molecular weight excluding hydrogens is 348 g/mol. The van der Waals surface area contributed by atoms with Crippen LogP contribution in [0.25, 0.3) is 6.08 Å². The number of carbonyl (C=O) groups excluding carboxylic acids is 1. The van der Waals surface area contributed by atoms with E-state index in [0.717, 1.165) is 0 Å². The number of phenolic OH excluding ortho intramolecular Hbond substituents is 1. The zero-order valence-electron chi connectivity index (χ0n) is 12.9. The monoisotopic (exact) mass is 360 g/mol. The molecule has 0 radical (unpaired) electrons. The predicted molar refractivity (Wildman–Crippen MR) is 90.2 cm³/mol. The summed E-state index contributed by atoms with van der Waals surface area (Å²) < 4.78 is 10.5. The van der Waals surface area contributed by atoms with Crippen LogP contribution >= 0.6 is 11.6 Å². The highest BCUT2D eigenvalue weighted by Gasteiger charge is 2.18. The predicted octanol–water partition coefficient (Wildman–Crippen LogP) is 3.51. The van der Waals surface area contributed by atoms with E-state index in [-0.39, 0.29) is 30.3 Å². The van der Waals surface area contributed by atoms with Gasteiger partial charge in [-0.2, -0.15) is 0 Å². The van der Waals surface area contributed by atoms with Crippen LogP contribution in [-0.2, 0) is 11.3 Å². The SMILES string of the molecule is O=C(/C=C/c1cc2c(cc1C(=O)O)COCO2)c1cc(Cl)ccc1O. The molecule has 0 saturated carbocycles. The number of benzene rings is 2. The second-order valence-corrected chi connectivity index (χ2v) is 5.76. The van der Waals surface area contributed by atoms with Crippen LogP contribution in [0.4, 0.5) is 0 Å². The van der Waals surface area contributed by atoms with E-state index in [1.807, 2.05) is 0 Å². The maximum Gasteiger partial charge on any atom is 0.336 e. The molecule has 1 aliphatic heterocycles. The van der Waals surface area contributed by atoms with E-state index in [4.69, 9.17) is 21.1 Å². The number of carboxylic acids is 1. The van der Waals surface area contributed by atoms with E-state index in [9.17, 15) is 19.8 Å². The van der Waals surface area contributed by atoms with E-state index < -0.39 is 11.8 Å². The van der Waals surface area contributed by atoms with Crippen LogP contribution in [0.2, 0.25) is 5.02 Å². The van der Waals surface area contributed by atoms with Gasteiger partial charge in [-0.1, -0.05) is 17.7 Å². The molecule has 0 atom stereocenters. The van der Waals surface area contributed by atoms with E-state index in [2.05, 4.69) is 0 Å². The van der Waals surface area contributed by atoms with Gasteiger partial charge in [-0.25, -0.2) is 4.79 Å². The Morgan fingerprint density at radius 1 is 1.16 bits per heavy atom. The lowest BCUT2D eigenvalue weighted by atomic mass is 10.0. The number of rotatable bonds is 4. The third kappa shape index (κ3) is 3.65. The standard InChI is InChI=1S/C18H13ClO6/c19-12-2-4-16(21)14(7-12)15(20)3-1-10-6-17-11(8-24-9-25-17)5-13(10)18(22)23/h1-7,21H,8-9H2,(H,22,23)/b3-1+. The largest absolute Gasteiger partial charge is 0.507 e. The molecule has 3 rings (SSSR count). The van der Waals surface area contributed by atoms with Crippen molar-refractivity contribution in [3.63, 3.8) is 0 Å². The van der Waals surface area contributed by atoms with Crippen molar-refractivity contribution < 1.29 is 29.3 Å². The molecule has 2 aromatic carbocycles. The third-order valence-corrected chi connectivity index (χ3v) is 3.89. The van der Waals surface area contributed by atoms with E-state index >= 15 is 0 Å². The first-order valence-corrected chi connectivity index (χ1v) is 7.65. The van der Waals surface area contributed by atoms with Crippen LogP contribution in [-0.4, -0.2) is 28.8 Å². The van der Waals surface area contributed by atoms with E-state index in [1.54, 1.807) is 6.07 Å². The minimum Gasteiger partial charge on any atom is -0.507 e. The normalized spacial score (nSPS) is 13.3. The summed E-state index contributed by atoms with van der Waals surface area (Å²) in [6.07, 6.45) is 2.55. The second kappa shape index (κ2) is 6.96. The lowest BCUT2D eigenvalue weighted by Gasteiger charge is -2.19. The molecule has 0 aromatic heterocycles. The molecule has 0 unspecified atom stereocenters. The quantitative estimate of drug-likeness (QED) is 0.640. The van der Waals surface area contributed by atoms with Gasteiger partial charge in [0.25, 0.3) is 0 Å². The fraction of sp³-hybridized carbons (Fsp3) is 0.111. The van der Waals surface area contributed by atoms with Crippen LogP contribution in [0.5, 0.6) is 11.5 Å². The van der Waals surface area contributed by atoms with Crippen molar-refractivity contribution in [2.24, 2.45) is 0 Å². The lowest BCUT2D eigenvalue weighted by molar-refractivity contribution is -0.0164. The van der Waals surface area contributed by atoms with Gasteiger partial charge in [0.2, 0.25) is 0 Å². The zero-order valence-corrected chi connectivity index (χ0v) is 13.6. The molecule has 2 aromatic rings. The average Bonchev–Trinajstić information content (AvgIpc) is 2.60. The summed E-state index contributed by atoms with van der Waals surface area (Å²) in [5.74, 6) is -1.33. The number of halogens is 1. The summed E-state index contributed by atoms with van der Waals surface area (Å²) in [5.41, 5.74) is 0.984. The maximum absolute atomic E-state index is 12.3. The number of hydrogen-bond acceptors (Lipinski definition) is 5. The number of aromatic carboxylic acids is 1. The summed E-state index contributed by atoms with van der Waals surface area (Å²) in [5, 5.41) is 19.4. The van der Waals surface area contributed by atoms with Crippen molar-refractivity contribution in [3.05, 3.63) is 63.7 Å². The molecule has 0 aliphatic carbocycles. The number of hydrogen-bond donors (Lipinski definition) is 2. The Labute approximate surface area is 147 Å². The van der Waals surface area contributed by atoms with Crippen molar-refractivity contribution in [1.82, 2.24) is 0 Å². The summed E-state index contributed by atoms with van der Waals surface area (Å²) in [7, 11) is 0. The number of phenols is 1. The Kier molecular flexibility index (Phi) is 4.74. The number of carboxylic acid groups (broad SMARTS) is 1. The van der Waals surface area contributed by atoms with Gasteiger partial charge in [-0.3, -0.25) is 4.79 Å². The van der Waals surface area contributed by atoms with Crippen molar-refractivity contribution in [2.75, 3.05) is 6.79 Å². The summed E-state index contributed by atoms with van der Waals surface area (Å²) in [6.45, 7) is 0.340. The molecule has 0 spiro atoms. The Balaban J connectivity index is 1.96. The molecular formula is C18H13ClO6. The first-order valence-electron chi connectivity index (χ1n) is 7.27. The molecule has 0 saturated heterocycles. The Morgan fingerprint density at radius 2 is 1.96 bits per heavy atom. The van der Waals surface area contributed by atoms with Crippen LogP contribution < -0.4 is 4.74 Å². The molecule has 1 heterocycles. The number of fused-ring (bicyclic) bond motifs is 1. The van der Waals surface area contributed by atoms with Crippen molar-refractivity contribution >= 4 is 29.4 Å². The minimum atomic E-state index is -1.13. The smallest absolute Gasteiger partial charge is 0.336 e. The number of allylic oxidation sites excluding steroid dienone is 1. The van der Waals surface area contributed by atoms with Crippen molar-refractivity contribution in [1.29, 1.82) is 0 Å². The van der Waals surface area contributed by atoms with Gasteiger partial charge in [0, 0.05) is 10.6 Å². The van der Waals surface area contributed by atoms with Gasteiger partial charge in [-0.05, 0) is 42.0 Å². The summed E-state index contributed by atoms with van der Waals surface area (Å²) in [6, 6.07) is 7.12. The van der Waals surface area contributed by atoms with E-state index in [0.29, 0.717) is 21.9 Å². The maximum atomic E-state index is 12.3. The third-order valence-electron chi connectivity index (χ3n) is 3.66. The van der Waals surface area contributed by atoms with Gasteiger partial charge in [0.1, 0.15) is 11.5 Å². The average molecular weight is 361 g/mol. The molecule has 0 amide bonds. The van der Waals surface area contributed by atoms with Crippen LogP contribution in [0, 0.1) is 0 Å². The Hall–Kier alpha value is -2.83. The van der Waals surface area contributed by atoms with Gasteiger partial charge in [-0.15, -0.1) is 0 Å². The highest BCUT2D eigenvalue weighted by molar-refractivity contribution is 6.31. The first-order chi connectivity index (χ1) is 12.0. The molecule has 0 bridgehead atoms. The van der Waals surface area contributed by atoms with Crippen molar-refractivity contribution in [2.45, 2.75) is 6.61 Å². The molecule has 0 fully saturated rings. The second-order valence-electron chi connectivity index (χ2n) is 5.32. The van der Waals surface area contributed by atoms with Crippen LogP contribution in [0.1, 0.15) is 31.8 Å². The minimum absolute atomic E-state index is 0.0206. The molecule has 128 valence electrons. The highest BCUT2D eigenvalue weighted by atomic mass is 35.5. The molecule has 7 heteroatoms. The van der Waals surface area contributed by atoms with Crippen LogP contribution in [0.3, 0.4) is 0 Å². The first kappa shape index (κ1) is 17.0. The van der Waals surface area contributed by atoms with Gasteiger partial charge < -0.3 is 19.7 Å². The summed E-state index contributed by atoms with van der Waals surface area (Å²) in [4.78, 5) is 23.7. The topological polar surface area (TPSA) is 93.1 Å². The van der Waals surface area contributed by atoms with Crippen molar-refractivity contribution in [3.8, 4) is 11.5 Å². The molecule has 6 nitrogen and oxygen atoms in total. The fourth-order valence-electron chi connectivity index (χ4n) is 2.43. The van der Waals surface area contributed by atoms with Gasteiger partial charge in [0.15, 0.2) is 12.6 Å². The number of ketones is 1. The number of carbonyl (C=O) groups is 2. The lowest BCUT2D eigenvalue weighted by Crippen LogP contribution is -2.13. The zero-order chi connectivity index (χ0) is 18.0. The molecule has 2 N–H and O–H groups in total. The Bertz CT molecular complexity index is 887. The summed E-state index contributed by atoms with van der Waals surface area (Å²) >= 11 is 5.83.